The van der Waals surface area contributed by atoms with E-state index in [4.69, 9.17) is 11.6 Å². The molecule has 0 aliphatic heterocycles. The average Bonchev–Trinajstić information content (AvgIpc) is 3.27. The van der Waals surface area contributed by atoms with E-state index in [2.05, 4.69) is 21.3 Å². The minimum atomic E-state index is -0.199. The standard InChI is InChI=1S/C24H19ClN6OS/c1-17-20(25)8-5-9-21(17)31-23(18-10-13-27-14-11-18)28-29-24(31)33-16-22(32)30(15-12-26)19-6-3-2-4-7-19/h2-11,13-14H,15-16H2,1H3. The number of benzene rings is 2. The molecule has 164 valence electrons. The minimum absolute atomic E-state index is 0.0359. The number of nitrogens with zero attached hydrogens (tertiary/aromatic N) is 6. The molecule has 0 saturated heterocycles. The SMILES string of the molecule is Cc1c(Cl)cccc1-n1c(SCC(=O)N(CC#N)c2ccccc2)nnc1-c1ccncc1. The summed E-state index contributed by atoms with van der Waals surface area (Å²) in [5.41, 5.74) is 3.21. The van der Waals surface area contributed by atoms with Gasteiger partial charge in [-0.2, -0.15) is 5.26 Å². The van der Waals surface area contributed by atoms with Crippen molar-refractivity contribution in [1.82, 2.24) is 19.7 Å². The summed E-state index contributed by atoms with van der Waals surface area (Å²) in [6.45, 7) is 1.89. The number of rotatable bonds is 7. The molecule has 4 rings (SSSR count). The molecule has 0 saturated carbocycles. The molecule has 1 amide bonds. The van der Waals surface area contributed by atoms with Gasteiger partial charge >= 0.3 is 0 Å². The van der Waals surface area contributed by atoms with E-state index in [-0.39, 0.29) is 18.2 Å². The Hall–Kier alpha value is -3.67. The van der Waals surface area contributed by atoms with Crippen LogP contribution in [0.3, 0.4) is 0 Å². The maximum atomic E-state index is 13.0. The first-order valence-electron chi connectivity index (χ1n) is 10.1. The van der Waals surface area contributed by atoms with Crippen LogP contribution in [0.1, 0.15) is 5.56 Å². The van der Waals surface area contributed by atoms with Gasteiger partial charge in [-0.05, 0) is 48.9 Å². The first-order chi connectivity index (χ1) is 16.1. The highest BCUT2D eigenvalue weighted by atomic mass is 35.5. The van der Waals surface area contributed by atoms with Crippen molar-refractivity contribution in [1.29, 1.82) is 5.26 Å². The lowest BCUT2D eigenvalue weighted by Crippen LogP contribution is -2.32. The zero-order valence-corrected chi connectivity index (χ0v) is 19.3. The summed E-state index contributed by atoms with van der Waals surface area (Å²) < 4.78 is 1.89. The molecule has 7 nitrogen and oxygen atoms in total. The van der Waals surface area contributed by atoms with Crippen molar-refractivity contribution in [2.24, 2.45) is 0 Å². The Bertz CT molecular complexity index is 1300. The van der Waals surface area contributed by atoms with Crippen LogP contribution in [0, 0.1) is 18.3 Å². The van der Waals surface area contributed by atoms with Gasteiger partial charge < -0.3 is 0 Å². The third kappa shape index (κ3) is 4.90. The number of amides is 1. The highest BCUT2D eigenvalue weighted by Crippen LogP contribution is 2.31. The van der Waals surface area contributed by atoms with Crippen LogP contribution in [0.25, 0.3) is 17.1 Å². The molecule has 0 atom stereocenters. The van der Waals surface area contributed by atoms with Gasteiger partial charge in [0.05, 0.1) is 17.5 Å². The molecular weight excluding hydrogens is 456 g/mol. The van der Waals surface area contributed by atoms with Crippen LogP contribution in [-0.2, 0) is 4.79 Å². The molecule has 0 radical (unpaired) electrons. The summed E-state index contributed by atoms with van der Waals surface area (Å²) in [4.78, 5) is 18.6. The summed E-state index contributed by atoms with van der Waals surface area (Å²) in [5, 5.41) is 19.1. The zero-order chi connectivity index (χ0) is 23.2. The molecule has 2 heterocycles. The van der Waals surface area contributed by atoms with Crippen molar-refractivity contribution in [3.63, 3.8) is 0 Å². The molecule has 0 fully saturated rings. The van der Waals surface area contributed by atoms with Crippen molar-refractivity contribution in [2.75, 3.05) is 17.2 Å². The number of pyridine rings is 1. The Morgan fingerprint density at radius 3 is 2.58 bits per heavy atom. The molecule has 0 spiro atoms. The van der Waals surface area contributed by atoms with Crippen molar-refractivity contribution >= 4 is 35.0 Å². The van der Waals surface area contributed by atoms with Gasteiger partial charge in [-0.3, -0.25) is 19.2 Å². The molecular formula is C24H19ClN6OS. The van der Waals surface area contributed by atoms with Crippen LogP contribution in [0.4, 0.5) is 5.69 Å². The number of halogens is 1. The molecule has 0 aliphatic carbocycles. The van der Waals surface area contributed by atoms with Crippen molar-refractivity contribution < 1.29 is 4.79 Å². The lowest BCUT2D eigenvalue weighted by atomic mass is 10.2. The quantitative estimate of drug-likeness (QED) is 0.278. The van der Waals surface area contributed by atoms with E-state index in [1.807, 2.05) is 60.0 Å². The molecule has 0 bridgehead atoms. The number of hydrogen-bond donors (Lipinski definition) is 0. The van der Waals surface area contributed by atoms with Gasteiger partial charge in [0, 0.05) is 28.7 Å². The molecule has 0 N–H and O–H groups in total. The third-order valence-electron chi connectivity index (χ3n) is 4.97. The van der Waals surface area contributed by atoms with Gasteiger partial charge in [-0.1, -0.05) is 47.6 Å². The number of anilines is 1. The summed E-state index contributed by atoms with van der Waals surface area (Å²) >= 11 is 7.65. The Kier molecular flexibility index (Phi) is 7.03. The molecule has 33 heavy (non-hydrogen) atoms. The largest absolute Gasteiger partial charge is 0.298 e. The van der Waals surface area contributed by atoms with Gasteiger partial charge in [0.2, 0.25) is 5.91 Å². The van der Waals surface area contributed by atoms with Gasteiger partial charge in [0.15, 0.2) is 11.0 Å². The zero-order valence-electron chi connectivity index (χ0n) is 17.7. The van der Waals surface area contributed by atoms with Gasteiger partial charge in [0.1, 0.15) is 6.54 Å². The van der Waals surface area contributed by atoms with Crippen molar-refractivity contribution in [3.05, 3.63) is 83.6 Å². The fourth-order valence-corrected chi connectivity index (χ4v) is 4.30. The third-order valence-corrected chi connectivity index (χ3v) is 6.30. The van der Waals surface area contributed by atoms with E-state index in [0.717, 1.165) is 16.8 Å². The number of carbonyl (C=O) groups excluding carboxylic acids is 1. The predicted molar refractivity (Wildman–Crippen MR) is 129 cm³/mol. The van der Waals surface area contributed by atoms with E-state index in [9.17, 15) is 10.1 Å². The van der Waals surface area contributed by atoms with Crippen LogP contribution >= 0.6 is 23.4 Å². The van der Waals surface area contributed by atoms with Crippen LogP contribution in [0.15, 0.2) is 78.2 Å². The molecule has 9 heteroatoms. The first-order valence-corrected chi connectivity index (χ1v) is 11.4. The van der Waals surface area contributed by atoms with Gasteiger partial charge in [0.25, 0.3) is 0 Å². The number of nitriles is 1. The molecule has 2 aromatic heterocycles. The number of thioether (sulfide) groups is 1. The van der Waals surface area contributed by atoms with Crippen LogP contribution in [0.2, 0.25) is 5.02 Å². The van der Waals surface area contributed by atoms with Gasteiger partial charge in [-0.15, -0.1) is 10.2 Å². The lowest BCUT2D eigenvalue weighted by Gasteiger charge is -2.19. The number of para-hydroxylation sites is 1. The van der Waals surface area contributed by atoms with E-state index in [0.29, 0.717) is 21.7 Å². The Labute approximate surface area is 200 Å². The van der Waals surface area contributed by atoms with Crippen LogP contribution in [-0.4, -0.2) is 38.0 Å². The molecule has 0 aliphatic rings. The van der Waals surface area contributed by atoms with Crippen molar-refractivity contribution in [2.45, 2.75) is 12.1 Å². The van der Waals surface area contributed by atoms with Crippen LogP contribution < -0.4 is 4.90 Å². The lowest BCUT2D eigenvalue weighted by molar-refractivity contribution is -0.116. The summed E-state index contributed by atoms with van der Waals surface area (Å²) in [7, 11) is 0. The first kappa shape index (κ1) is 22.5. The monoisotopic (exact) mass is 474 g/mol. The average molecular weight is 475 g/mol. The second-order valence-corrected chi connectivity index (χ2v) is 8.37. The smallest absolute Gasteiger partial charge is 0.238 e. The number of hydrogen-bond acceptors (Lipinski definition) is 6. The molecule has 2 aromatic carbocycles. The van der Waals surface area contributed by atoms with E-state index in [1.54, 1.807) is 24.5 Å². The minimum Gasteiger partial charge on any atom is -0.298 e. The van der Waals surface area contributed by atoms with Crippen LogP contribution in [0.5, 0.6) is 0 Å². The Morgan fingerprint density at radius 1 is 1.09 bits per heavy atom. The highest BCUT2D eigenvalue weighted by molar-refractivity contribution is 7.99. The topological polar surface area (TPSA) is 87.7 Å². The second-order valence-electron chi connectivity index (χ2n) is 7.02. The maximum absolute atomic E-state index is 13.0. The van der Waals surface area contributed by atoms with E-state index in [1.165, 1.54) is 16.7 Å². The fraction of sp³-hybridized carbons (Fsp3) is 0.125. The Morgan fingerprint density at radius 2 is 1.85 bits per heavy atom. The second kappa shape index (κ2) is 10.3. The Balaban J connectivity index is 1.68. The number of aromatic nitrogens is 4. The molecule has 0 unspecified atom stereocenters. The maximum Gasteiger partial charge on any atom is 0.238 e. The van der Waals surface area contributed by atoms with E-state index < -0.39 is 0 Å². The van der Waals surface area contributed by atoms with Gasteiger partial charge in [-0.25, -0.2) is 0 Å². The predicted octanol–water partition coefficient (Wildman–Crippen LogP) is 4.94. The van der Waals surface area contributed by atoms with Crippen molar-refractivity contribution in [3.8, 4) is 23.1 Å². The fourth-order valence-electron chi connectivity index (χ4n) is 3.31. The highest BCUT2D eigenvalue weighted by Gasteiger charge is 2.21. The summed E-state index contributed by atoms with van der Waals surface area (Å²) in [5.74, 6) is 0.509. The summed E-state index contributed by atoms with van der Waals surface area (Å²) in [6, 6.07) is 20.5. The molecule has 4 aromatic rings. The van der Waals surface area contributed by atoms with E-state index >= 15 is 0 Å². The summed E-state index contributed by atoms with van der Waals surface area (Å²) in [6.07, 6.45) is 3.38. The normalized spacial score (nSPS) is 10.6. The number of carbonyl (C=O) groups is 1.